The highest BCUT2D eigenvalue weighted by Crippen LogP contribution is 2.43. The fourth-order valence-corrected chi connectivity index (χ4v) is 6.59. The molecular formula is C32H36FN5O3. The van der Waals surface area contributed by atoms with Crippen molar-refractivity contribution >= 4 is 16.9 Å². The molecule has 6 rings (SSSR count). The monoisotopic (exact) mass is 557 g/mol. The molecule has 2 fully saturated rings. The van der Waals surface area contributed by atoms with Gasteiger partial charge in [0.25, 0.3) is 5.91 Å². The van der Waals surface area contributed by atoms with Crippen LogP contribution in [0.1, 0.15) is 49.0 Å². The second-order valence-corrected chi connectivity index (χ2v) is 10.9. The average Bonchev–Trinajstić information content (AvgIpc) is 3.66. The summed E-state index contributed by atoms with van der Waals surface area (Å²) in [7, 11) is 1.84. The van der Waals surface area contributed by atoms with Gasteiger partial charge in [0.05, 0.1) is 24.3 Å². The van der Waals surface area contributed by atoms with E-state index in [9.17, 15) is 9.18 Å². The molecule has 1 unspecified atom stereocenters. The Balaban J connectivity index is 1.18. The van der Waals surface area contributed by atoms with Crippen LogP contribution in [0.5, 0.6) is 11.5 Å². The summed E-state index contributed by atoms with van der Waals surface area (Å²) in [6, 6.07) is 16.7. The Morgan fingerprint density at radius 2 is 1.73 bits per heavy atom. The smallest absolute Gasteiger partial charge is 0.251 e. The lowest BCUT2D eigenvalue weighted by Crippen LogP contribution is -2.39. The second-order valence-electron chi connectivity index (χ2n) is 10.9. The van der Waals surface area contributed by atoms with Gasteiger partial charge < -0.3 is 14.8 Å². The Morgan fingerprint density at radius 3 is 2.44 bits per heavy atom. The zero-order valence-corrected chi connectivity index (χ0v) is 23.8. The molecule has 1 aliphatic carbocycles. The first kappa shape index (κ1) is 27.2. The molecule has 9 heteroatoms. The Kier molecular flexibility index (Phi) is 7.62. The zero-order chi connectivity index (χ0) is 28.5. The molecule has 0 spiro atoms. The summed E-state index contributed by atoms with van der Waals surface area (Å²) in [5.41, 5.74) is 5.07. The van der Waals surface area contributed by atoms with Gasteiger partial charge in [-0.15, -0.1) is 5.10 Å². The van der Waals surface area contributed by atoms with Crippen molar-refractivity contribution in [3.8, 4) is 22.6 Å². The van der Waals surface area contributed by atoms with Crippen molar-refractivity contribution in [1.29, 1.82) is 0 Å². The van der Waals surface area contributed by atoms with Crippen LogP contribution in [-0.4, -0.2) is 57.6 Å². The topological polar surface area (TPSA) is 81.5 Å². The number of ether oxygens (including phenoxy) is 2. The molecule has 1 saturated heterocycles. The fourth-order valence-electron chi connectivity index (χ4n) is 6.59. The Morgan fingerprint density at radius 1 is 1.00 bits per heavy atom. The quantitative estimate of drug-likeness (QED) is 0.299. The molecule has 0 radical (unpaired) electrons. The van der Waals surface area contributed by atoms with E-state index in [2.05, 4.69) is 32.7 Å². The molecule has 214 valence electrons. The molecule has 1 amide bonds. The molecular weight excluding hydrogens is 521 g/mol. The Bertz CT molecular complexity index is 1530. The molecule has 0 bridgehead atoms. The third-order valence-corrected chi connectivity index (χ3v) is 8.44. The van der Waals surface area contributed by atoms with Crippen molar-refractivity contribution in [3.05, 3.63) is 71.5 Å². The van der Waals surface area contributed by atoms with E-state index in [0.29, 0.717) is 30.7 Å². The van der Waals surface area contributed by atoms with E-state index in [1.165, 1.54) is 12.1 Å². The summed E-state index contributed by atoms with van der Waals surface area (Å²) in [6.07, 6.45) is 3.05. The standard InChI is InChI=1S/C32H36FN5O3/c1-4-40-29-16-20(17-30(41-5-2)31(29)21-6-9-23(33)10-7-21)19-38-15-14-24-25(11-13-27(24)38)34-32(39)22-8-12-28-26(18-22)35-36-37(28)3/h6-10,12,16-18,24-25,27H,4-5,11,13-15,19H2,1-3H3,(H,34,39)/t24-,25?,27+/m0/s1. The van der Waals surface area contributed by atoms with Gasteiger partial charge in [0.15, 0.2) is 0 Å². The number of likely N-dealkylation sites (tertiary alicyclic amines) is 1. The normalized spacial score (nSPS) is 20.3. The maximum atomic E-state index is 13.6. The number of carbonyl (C=O) groups is 1. The molecule has 1 N–H and O–H groups in total. The number of nitrogens with one attached hydrogen (secondary N) is 1. The van der Waals surface area contributed by atoms with Gasteiger partial charge in [0.2, 0.25) is 0 Å². The van der Waals surface area contributed by atoms with Crippen molar-refractivity contribution in [2.45, 2.75) is 51.7 Å². The third kappa shape index (κ3) is 5.38. The highest BCUT2D eigenvalue weighted by molar-refractivity contribution is 5.97. The summed E-state index contributed by atoms with van der Waals surface area (Å²) >= 11 is 0. The van der Waals surface area contributed by atoms with Gasteiger partial charge in [0, 0.05) is 31.2 Å². The van der Waals surface area contributed by atoms with Crippen LogP contribution >= 0.6 is 0 Å². The number of hydrogen-bond donors (Lipinski definition) is 1. The van der Waals surface area contributed by atoms with Crippen LogP contribution in [-0.2, 0) is 13.6 Å². The van der Waals surface area contributed by atoms with E-state index in [4.69, 9.17) is 9.47 Å². The molecule has 1 aromatic heterocycles. The predicted octanol–water partition coefficient (Wildman–Crippen LogP) is 5.35. The van der Waals surface area contributed by atoms with Crippen molar-refractivity contribution < 1.29 is 18.7 Å². The van der Waals surface area contributed by atoms with Gasteiger partial charge in [-0.05, 0) is 99.2 Å². The molecule has 4 aromatic rings. The summed E-state index contributed by atoms with van der Waals surface area (Å²) < 4.78 is 27.5. The maximum absolute atomic E-state index is 13.6. The summed E-state index contributed by atoms with van der Waals surface area (Å²) in [5, 5.41) is 11.5. The second kappa shape index (κ2) is 11.5. The van der Waals surface area contributed by atoms with Crippen molar-refractivity contribution in [3.63, 3.8) is 0 Å². The number of halogens is 1. The minimum Gasteiger partial charge on any atom is -0.493 e. The highest BCUT2D eigenvalue weighted by atomic mass is 19.1. The van der Waals surface area contributed by atoms with Crippen LogP contribution in [0.15, 0.2) is 54.6 Å². The molecule has 1 saturated carbocycles. The van der Waals surface area contributed by atoms with Crippen molar-refractivity contribution in [2.75, 3.05) is 19.8 Å². The number of rotatable bonds is 9. The first-order valence-electron chi connectivity index (χ1n) is 14.5. The van der Waals surface area contributed by atoms with Crippen LogP contribution in [0.4, 0.5) is 4.39 Å². The van der Waals surface area contributed by atoms with Gasteiger partial charge in [-0.2, -0.15) is 0 Å². The highest BCUT2D eigenvalue weighted by Gasteiger charge is 2.44. The van der Waals surface area contributed by atoms with Gasteiger partial charge in [-0.3, -0.25) is 9.69 Å². The molecule has 2 aliphatic rings. The van der Waals surface area contributed by atoms with E-state index in [0.717, 1.165) is 71.6 Å². The summed E-state index contributed by atoms with van der Waals surface area (Å²) in [6.45, 7) is 6.71. The van der Waals surface area contributed by atoms with Gasteiger partial charge in [-0.1, -0.05) is 17.3 Å². The molecule has 3 aromatic carbocycles. The van der Waals surface area contributed by atoms with E-state index < -0.39 is 0 Å². The number of aromatic nitrogens is 3. The summed E-state index contributed by atoms with van der Waals surface area (Å²) in [5.74, 6) is 1.57. The minimum atomic E-state index is -0.275. The summed E-state index contributed by atoms with van der Waals surface area (Å²) in [4.78, 5) is 15.7. The predicted molar refractivity (Wildman–Crippen MR) is 155 cm³/mol. The lowest BCUT2D eigenvalue weighted by molar-refractivity contribution is 0.0927. The van der Waals surface area contributed by atoms with Gasteiger partial charge in [-0.25, -0.2) is 9.07 Å². The van der Waals surface area contributed by atoms with Crippen LogP contribution < -0.4 is 14.8 Å². The number of amides is 1. The van der Waals surface area contributed by atoms with E-state index >= 15 is 0 Å². The van der Waals surface area contributed by atoms with Crippen LogP contribution in [0, 0.1) is 11.7 Å². The zero-order valence-electron chi connectivity index (χ0n) is 23.8. The lowest BCUT2D eigenvalue weighted by atomic mass is 9.99. The molecule has 3 atom stereocenters. The number of hydrogen-bond acceptors (Lipinski definition) is 6. The third-order valence-electron chi connectivity index (χ3n) is 8.44. The molecule has 41 heavy (non-hydrogen) atoms. The molecule has 1 aliphatic heterocycles. The van der Waals surface area contributed by atoms with Crippen molar-refractivity contribution in [2.24, 2.45) is 13.0 Å². The van der Waals surface area contributed by atoms with E-state index in [1.54, 1.807) is 16.8 Å². The van der Waals surface area contributed by atoms with Gasteiger partial charge >= 0.3 is 0 Å². The van der Waals surface area contributed by atoms with Gasteiger partial charge in [0.1, 0.15) is 22.8 Å². The van der Waals surface area contributed by atoms with E-state index in [-0.39, 0.29) is 17.8 Å². The molecule has 8 nitrogen and oxygen atoms in total. The number of benzene rings is 3. The first-order chi connectivity index (χ1) is 19.9. The fraction of sp³-hybridized carbons (Fsp3) is 0.406. The Hall–Kier alpha value is -3.98. The number of aryl methyl sites for hydroxylation is 1. The lowest BCUT2D eigenvalue weighted by Gasteiger charge is -2.26. The van der Waals surface area contributed by atoms with Crippen LogP contribution in [0.3, 0.4) is 0 Å². The van der Waals surface area contributed by atoms with E-state index in [1.807, 2.05) is 39.1 Å². The number of fused-ring (bicyclic) bond motifs is 2. The molecule has 2 heterocycles. The minimum absolute atomic E-state index is 0.0549. The Labute approximate surface area is 239 Å². The average molecular weight is 558 g/mol. The maximum Gasteiger partial charge on any atom is 0.251 e. The number of carbonyl (C=O) groups excluding carboxylic acids is 1. The first-order valence-corrected chi connectivity index (χ1v) is 14.5. The van der Waals surface area contributed by atoms with Crippen molar-refractivity contribution in [1.82, 2.24) is 25.2 Å². The largest absolute Gasteiger partial charge is 0.493 e. The van der Waals surface area contributed by atoms with Crippen LogP contribution in [0.2, 0.25) is 0 Å². The SMILES string of the molecule is CCOc1cc(CN2CC[C@H]3C(NC(=O)c4ccc5c(c4)nnn5C)CC[C@H]32)cc(OCC)c1-c1ccc(F)cc1. The van der Waals surface area contributed by atoms with Crippen LogP contribution in [0.25, 0.3) is 22.2 Å². The number of nitrogens with zero attached hydrogens (tertiary/aromatic N) is 4.